The maximum atomic E-state index is 10.6. The Labute approximate surface area is 85.6 Å². The molecular formula is C6H10N2O2S3. The highest BCUT2D eigenvalue weighted by Gasteiger charge is 2.04. The van der Waals surface area contributed by atoms with E-state index in [1.807, 2.05) is 12.3 Å². The molecule has 1 aromatic heterocycles. The first-order valence-electron chi connectivity index (χ1n) is 3.53. The average molecular weight is 238 g/mol. The summed E-state index contributed by atoms with van der Waals surface area (Å²) in [5.41, 5.74) is 0.961. The lowest BCUT2D eigenvalue weighted by Gasteiger charge is -1.95. The number of thiazole rings is 1. The van der Waals surface area contributed by atoms with Crippen LogP contribution in [-0.2, 0) is 10.0 Å². The second-order valence-corrected chi connectivity index (χ2v) is 6.40. The third-order valence-corrected chi connectivity index (χ3v) is 4.36. The molecule has 2 N–H and O–H groups in total. The van der Waals surface area contributed by atoms with Crippen molar-refractivity contribution in [2.45, 2.75) is 11.3 Å². The molecule has 0 saturated heterocycles. The van der Waals surface area contributed by atoms with Gasteiger partial charge in [-0.1, -0.05) is 11.8 Å². The lowest BCUT2D eigenvalue weighted by Crippen LogP contribution is -2.17. The molecule has 1 rings (SSSR count). The van der Waals surface area contributed by atoms with Crippen molar-refractivity contribution in [3.8, 4) is 0 Å². The molecule has 7 heteroatoms. The molecule has 0 aliphatic carbocycles. The smallest absolute Gasteiger partial charge is 0.209 e. The van der Waals surface area contributed by atoms with Gasteiger partial charge < -0.3 is 0 Å². The predicted molar refractivity (Wildman–Crippen MR) is 55.5 cm³/mol. The second kappa shape index (κ2) is 4.41. The Balaban J connectivity index is 2.36. The van der Waals surface area contributed by atoms with Crippen LogP contribution in [0.3, 0.4) is 0 Å². The van der Waals surface area contributed by atoms with Gasteiger partial charge in [0.15, 0.2) is 0 Å². The van der Waals surface area contributed by atoms with Gasteiger partial charge >= 0.3 is 0 Å². The van der Waals surface area contributed by atoms with E-state index in [1.165, 1.54) is 23.1 Å². The largest absolute Gasteiger partial charge is 0.235 e. The molecule has 0 saturated carbocycles. The first-order valence-corrected chi connectivity index (χ1v) is 7.11. The van der Waals surface area contributed by atoms with Crippen molar-refractivity contribution >= 4 is 33.1 Å². The summed E-state index contributed by atoms with van der Waals surface area (Å²) < 4.78 is 22.0. The minimum Gasteiger partial charge on any atom is -0.235 e. The maximum Gasteiger partial charge on any atom is 0.209 e. The lowest BCUT2D eigenvalue weighted by molar-refractivity contribution is 0.599. The van der Waals surface area contributed by atoms with Crippen LogP contribution in [-0.4, -0.2) is 24.9 Å². The molecule has 0 aliphatic heterocycles. The van der Waals surface area contributed by atoms with E-state index in [4.69, 9.17) is 5.14 Å². The summed E-state index contributed by atoms with van der Waals surface area (Å²) in [6.45, 7) is 1.90. The molecule has 0 aromatic carbocycles. The van der Waals surface area contributed by atoms with E-state index in [9.17, 15) is 8.42 Å². The van der Waals surface area contributed by atoms with Crippen LogP contribution in [0.1, 0.15) is 5.69 Å². The quantitative estimate of drug-likeness (QED) is 0.789. The second-order valence-electron chi connectivity index (χ2n) is 2.47. The van der Waals surface area contributed by atoms with Crippen LogP contribution in [0.4, 0.5) is 0 Å². The lowest BCUT2D eigenvalue weighted by atomic mass is 10.6. The number of aromatic nitrogens is 1. The minimum absolute atomic E-state index is 0.00368. The van der Waals surface area contributed by atoms with E-state index in [1.54, 1.807) is 0 Å². The highest BCUT2D eigenvalue weighted by molar-refractivity contribution is 8.02. The van der Waals surface area contributed by atoms with Crippen LogP contribution in [0.2, 0.25) is 0 Å². The maximum absolute atomic E-state index is 10.6. The average Bonchev–Trinajstić information content (AvgIpc) is 2.33. The summed E-state index contributed by atoms with van der Waals surface area (Å²) >= 11 is 2.93. The van der Waals surface area contributed by atoms with Gasteiger partial charge in [-0.15, -0.1) is 11.3 Å². The highest BCUT2D eigenvalue weighted by atomic mass is 32.2. The summed E-state index contributed by atoms with van der Waals surface area (Å²) in [7, 11) is -3.33. The van der Waals surface area contributed by atoms with Gasteiger partial charge in [-0.05, 0) is 6.92 Å². The number of rotatable bonds is 4. The van der Waals surface area contributed by atoms with E-state index >= 15 is 0 Å². The summed E-state index contributed by atoms with van der Waals surface area (Å²) in [4.78, 5) is 4.18. The first kappa shape index (κ1) is 11.0. The van der Waals surface area contributed by atoms with Gasteiger partial charge in [-0.25, -0.2) is 18.5 Å². The molecule has 13 heavy (non-hydrogen) atoms. The molecule has 0 aliphatic rings. The van der Waals surface area contributed by atoms with Crippen molar-refractivity contribution in [2.75, 3.05) is 11.5 Å². The molecule has 0 radical (unpaired) electrons. The van der Waals surface area contributed by atoms with Crippen molar-refractivity contribution in [1.82, 2.24) is 4.98 Å². The molecule has 0 bridgehead atoms. The molecule has 0 amide bonds. The summed E-state index contributed by atoms with van der Waals surface area (Å²) in [5, 5.41) is 6.78. The normalized spacial score (nSPS) is 11.8. The fraction of sp³-hybridized carbons (Fsp3) is 0.500. The number of hydrogen-bond donors (Lipinski definition) is 1. The number of sulfonamides is 1. The van der Waals surface area contributed by atoms with Crippen LogP contribution in [0, 0.1) is 6.92 Å². The fourth-order valence-electron chi connectivity index (χ4n) is 0.644. The standard InChI is InChI=1S/C6H10N2O2S3/c1-5-4-12-6(8-5)11-2-3-13(7,9)10/h4H,2-3H2,1H3,(H2,7,9,10). The van der Waals surface area contributed by atoms with E-state index in [-0.39, 0.29) is 5.75 Å². The van der Waals surface area contributed by atoms with Crippen molar-refractivity contribution < 1.29 is 8.42 Å². The summed E-state index contributed by atoms with van der Waals surface area (Å²) in [6.07, 6.45) is 0. The zero-order valence-corrected chi connectivity index (χ0v) is 9.51. The minimum atomic E-state index is -3.33. The molecule has 0 fully saturated rings. The Morgan fingerprint density at radius 2 is 2.38 bits per heavy atom. The monoisotopic (exact) mass is 238 g/mol. The van der Waals surface area contributed by atoms with Gasteiger partial charge in [0.2, 0.25) is 10.0 Å². The Morgan fingerprint density at radius 3 is 2.85 bits per heavy atom. The van der Waals surface area contributed by atoms with Crippen molar-refractivity contribution in [3.63, 3.8) is 0 Å². The van der Waals surface area contributed by atoms with Gasteiger partial charge in [-0.3, -0.25) is 0 Å². The Kier molecular flexibility index (Phi) is 3.72. The highest BCUT2D eigenvalue weighted by Crippen LogP contribution is 2.21. The van der Waals surface area contributed by atoms with E-state index in [2.05, 4.69) is 4.98 Å². The van der Waals surface area contributed by atoms with Crippen LogP contribution in [0.5, 0.6) is 0 Å². The van der Waals surface area contributed by atoms with E-state index in [0.29, 0.717) is 5.75 Å². The van der Waals surface area contributed by atoms with Crippen molar-refractivity contribution in [1.29, 1.82) is 0 Å². The fourth-order valence-corrected chi connectivity index (χ4v) is 3.48. The van der Waals surface area contributed by atoms with Crippen LogP contribution >= 0.6 is 23.1 Å². The molecule has 4 nitrogen and oxygen atoms in total. The third kappa shape index (κ3) is 4.61. The van der Waals surface area contributed by atoms with Crippen LogP contribution in [0.25, 0.3) is 0 Å². The predicted octanol–water partition coefficient (Wildman–Crippen LogP) is 0.832. The van der Waals surface area contributed by atoms with Crippen LogP contribution in [0.15, 0.2) is 9.72 Å². The zero-order chi connectivity index (χ0) is 9.90. The molecule has 1 aromatic rings. The number of primary sulfonamides is 1. The summed E-state index contributed by atoms with van der Waals surface area (Å²) in [6, 6.07) is 0. The number of nitrogens with two attached hydrogens (primary N) is 1. The number of nitrogens with zero attached hydrogens (tertiary/aromatic N) is 1. The Hall–Kier alpha value is -0.110. The molecule has 0 spiro atoms. The molecule has 0 unspecified atom stereocenters. The van der Waals surface area contributed by atoms with Gasteiger partial charge in [0.05, 0.1) is 5.75 Å². The van der Waals surface area contributed by atoms with E-state index in [0.717, 1.165) is 10.0 Å². The molecular weight excluding hydrogens is 228 g/mol. The first-order chi connectivity index (χ1) is 5.97. The Bertz CT molecular complexity index is 371. The van der Waals surface area contributed by atoms with Crippen LogP contribution < -0.4 is 5.14 Å². The topological polar surface area (TPSA) is 73.1 Å². The van der Waals surface area contributed by atoms with Gasteiger partial charge in [0, 0.05) is 16.8 Å². The third-order valence-electron chi connectivity index (χ3n) is 1.19. The summed E-state index contributed by atoms with van der Waals surface area (Å²) in [5.74, 6) is 0.460. The number of hydrogen-bond acceptors (Lipinski definition) is 5. The molecule has 1 heterocycles. The Morgan fingerprint density at radius 1 is 1.69 bits per heavy atom. The molecule has 0 atom stereocenters. The zero-order valence-electron chi connectivity index (χ0n) is 7.06. The van der Waals surface area contributed by atoms with Crippen molar-refractivity contribution in [3.05, 3.63) is 11.1 Å². The number of aryl methyl sites for hydroxylation is 1. The van der Waals surface area contributed by atoms with Gasteiger partial charge in [-0.2, -0.15) is 0 Å². The SMILES string of the molecule is Cc1csc(SCCS(N)(=O)=O)n1. The number of thioether (sulfide) groups is 1. The van der Waals surface area contributed by atoms with Gasteiger partial charge in [0.1, 0.15) is 4.34 Å². The van der Waals surface area contributed by atoms with Crippen molar-refractivity contribution in [2.24, 2.45) is 5.14 Å². The van der Waals surface area contributed by atoms with E-state index < -0.39 is 10.0 Å². The van der Waals surface area contributed by atoms with Gasteiger partial charge in [0.25, 0.3) is 0 Å². The molecule has 74 valence electrons.